The maximum Gasteiger partial charge on any atom is 0.162 e. The molecule has 0 saturated carbocycles. The van der Waals surface area contributed by atoms with Crippen molar-refractivity contribution in [2.75, 3.05) is 0 Å². The molecular weight excluding hydrogens is 316 g/mol. The molecule has 0 unspecified atom stereocenters. The first-order valence-corrected chi connectivity index (χ1v) is 8.60. The number of thioether (sulfide) groups is 1. The van der Waals surface area contributed by atoms with E-state index in [4.69, 9.17) is 0 Å². The number of hydrogen-bond donors (Lipinski definition) is 0. The lowest BCUT2D eigenvalue weighted by Crippen LogP contribution is -1.98. The molecule has 0 atom stereocenters. The van der Waals surface area contributed by atoms with Gasteiger partial charge >= 0.3 is 0 Å². The normalized spacial score (nSPS) is 11.2. The molecule has 0 spiro atoms. The maximum absolute atomic E-state index is 4.51. The van der Waals surface area contributed by atoms with Gasteiger partial charge in [0, 0.05) is 7.05 Å². The fraction of sp³-hybridized carbons (Fsp3) is 0.105. The van der Waals surface area contributed by atoms with E-state index in [0.29, 0.717) is 0 Å². The summed E-state index contributed by atoms with van der Waals surface area (Å²) in [5.41, 5.74) is 3.36. The van der Waals surface area contributed by atoms with Crippen LogP contribution in [-0.4, -0.2) is 19.7 Å². The number of fused-ring (bicyclic) bond motifs is 1. The average molecular weight is 332 g/mol. The molecule has 2 heterocycles. The zero-order valence-corrected chi connectivity index (χ0v) is 14.0. The van der Waals surface area contributed by atoms with Gasteiger partial charge in [0.05, 0.1) is 16.8 Å². The Labute approximate surface area is 144 Å². The van der Waals surface area contributed by atoms with Crippen molar-refractivity contribution in [1.29, 1.82) is 0 Å². The van der Waals surface area contributed by atoms with Crippen LogP contribution in [0.1, 0.15) is 16.4 Å². The molecule has 5 heteroatoms. The predicted molar refractivity (Wildman–Crippen MR) is 96.9 cm³/mol. The van der Waals surface area contributed by atoms with Crippen molar-refractivity contribution in [1.82, 2.24) is 19.7 Å². The quantitative estimate of drug-likeness (QED) is 0.414. The average Bonchev–Trinajstić information content (AvgIpc) is 3.03. The first kappa shape index (κ1) is 14.9. The van der Waals surface area contributed by atoms with Crippen LogP contribution in [0, 0.1) is 0 Å². The Morgan fingerprint density at radius 1 is 0.875 bits per heavy atom. The highest BCUT2D eigenvalue weighted by molar-refractivity contribution is 7.99. The Morgan fingerprint density at radius 3 is 2.12 bits per heavy atom. The summed E-state index contributed by atoms with van der Waals surface area (Å²) in [5.74, 6) is 0. The molecule has 24 heavy (non-hydrogen) atoms. The van der Waals surface area contributed by atoms with Gasteiger partial charge in [-0.05, 0) is 11.1 Å². The maximum atomic E-state index is 4.51. The summed E-state index contributed by atoms with van der Waals surface area (Å²) in [6.07, 6.45) is 3.45. The summed E-state index contributed by atoms with van der Waals surface area (Å²) < 4.78 is 1.78. The molecule has 0 N–H and O–H groups in total. The fourth-order valence-electron chi connectivity index (χ4n) is 2.73. The van der Waals surface area contributed by atoms with Gasteiger partial charge in [-0.15, -0.1) is 0 Å². The van der Waals surface area contributed by atoms with Crippen molar-refractivity contribution >= 4 is 22.8 Å². The number of rotatable bonds is 4. The molecule has 4 aromatic rings. The Kier molecular flexibility index (Phi) is 4.01. The second-order valence-electron chi connectivity index (χ2n) is 5.50. The van der Waals surface area contributed by atoms with E-state index in [9.17, 15) is 0 Å². The number of aryl methyl sites for hydroxylation is 1. The van der Waals surface area contributed by atoms with Crippen LogP contribution in [-0.2, 0) is 7.05 Å². The van der Waals surface area contributed by atoms with E-state index in [1.54, 1.807) is 22.8 Å². The highest BCUT2D eigenvalue weighted by atomic mass is 32.2. The molecule has 0 aliphatic heterocycles. The molecule has 2 aromatic heterocycles. The lowest BCUT2D eigenvalue weighted by atomic mass is 10.0. The molecule has 0 radical (unpaired) electrons. The van der Waals surface area contributed by atoms with E-state index < -0.39 is 0 Å². The van der Waals surface area contributed by atoms with Gasteiger partial charge in [0.2, 0.25) is 0 Å². The zero-order valence-electron chi connectivity index (χ0n) is 13.2. The Morgan fingerprint density at radius 2 is 1.50 bits per heavy atom. The van der Waals surface area contributed by atoms with Gasteiger partial charge in [-0.1, -0.05) is 72.4 Å². The van der Waals surface area contributed by atoms with Crippen LogP contribution < -0.4 is 0 Å². The Hall–Kier alpha value is -2.66. The van der Waals surface area contributed by atoms with Crippen molar-refractivity contribution in [2.24, 2.45) is 7.05 Å². The van der Waals surface area contributed by atoms with Gasteiger partial charge in [0.25, 0.3) is 0 Å². The van der Waals surface area contributed by atoms with E-state index in [-0.39, 0.29) is 5.25 Å². The predicted octanol–water partition coefficient (Wildman–Crippen LogP) is 4.25. The van der Waals surface area contributed by atoms with Crippen LogP contribution in [0.5, 0.6) is 0 Å². The van der Waals surface area contributed by atoms with Crippen LogP contribution in [0.3, 0.4) is 0 Å². The van der Waals surface area contributed by atoms with Crippen LogP contribution in [0.15, 0.2) is 78.2 Å². The van der Waals surface area contributed by atoms with E-state index in [2.05, 4.69) is 63.6 Å². The minimum atomic E-state index is 0.172. The van der Waals surface area contributed by atoms with Gasteiger partial charge in [-0.25, -0.2) is 9.97 Å². The summed E-state index contributed by atoms with van der Waals surface area (Å²) in [7, 11) is 1.90. The molecule has 118 valence electrons. The number of aromatic nitrogens is 4. The fourth-order valence-corrected chi connectivity index (χ4v) is 3.92. The monoisotopic (exact) mass is 332 g/mol. The minimum absolute atomic E-state index is 0.172. The van der Waals surface area contributed by atoms with E-state index >= 15 is 0 Å². The zero-order chi connectivity index (χ0) is 16.4. The highest BCUT2D eigenvalue weighted by Crippen LogP contribution is 2.41. The van der Waals surface area contributed by atoms with Gasteiger partial charge in [0.1, 0.15) is 11.4 Å². The summed E-state index contributed by atoms with van der Waals surface area (Å²) in [6.45, 7) is 0. The molecule has 0 amide bonds. The molecule has 0 saturated heterocycles. The number of benzene rings is 2. The molecule has 0 fully saturated rings. The van der Waals surface area contributed by atoms with Crippen LogP contribution in [0.25, 0.3) is 11.0 Å². The third-order valence-electron chi connectivity index (χ3n) is 3.93. The van der Waals surface area contributed by atoms with E-state index in [1.807, 2.05) is 25.4 Å². The molecule has 4 nitrogen and oxygen atoms in total. The topological polar surface area (TPSA) is 43.6 Å². The summed E-state index contributed by atoms with van der Waals surface area (Å²) in [5, 5.41) is 6.42. The first-order valence-electron chi connectivity index (χ1n) is 7.72. The Bertz CT molecular complexity index is 911. The summed E-state index contributed by atoms with van der Waals surface area (Å²) in [6, 6.07) is 21.0. The third-order valence-corrected chi connectivity index (χ3v) is 5.26. The molecule has 0 aliphatic rings. The number of nitrogens with zero attached hydrogens (tertiary/aromatic N) is 4. The largest absolute Gasteiger partial charge is 0.250 e. The second kappa shape index (κ2) is 6.45. The molecule has 4 rings (SSSR count). The van der Waals surface area contributed by atoms with E-state index in [1.165, 1.54) is 11.1 Å². The summed E-state index contributed by atoms with van der Waals surface area (Å²) in [4.78, 5) is 8.84. The van der Waals surface area contributed by atoms with Gasteiger partial charge < -0.3 is 0 Å². The lowest BCUT2D eigenvalue weighted by molar-refractivity contribution is 0.784. The van der Waals surface area contributed by atoms with Gasteiger partial charge in [-0.3, -0.25) is 4.68 Å². The SMILES string of the molecule is Cn1ncc2c(SC(c3ccccc3)c3ccccc3)ncnc21. The molecule has 0 aliphatic carbocycles. The number of hydrogen-bond acceptors (Lipinski definition) is 4. The van der Waals surface area contributed by atoms with Crippen molar-refractivity contribution in [3.8, 4) is 0 Å². The van der Waals surface area contributed by atoms with Gasteiger partial charge in [-0.2, -0.15) is 5.10 Å². The molecule has 0 bridgehead atoms. The molecular formula is C19H16N4S. The molecule has 2 aromatic carbocycles. The highest BCUT2D eigenvalue weighted by Gasteiger charge is 2.18. The van der Waals surface area contributed by atoms with Crippen LogP contribution in [0.4, 0.5) is 0 Å². The first-order chi connectivity index (χ1) is 11.8. The Balaban J connectivity index is 1.80. The standard InChI is InChI=1S/C19H16N4S/c1-23-18-16(12-22-23)19(21-13-20-18)24-17(14-8-4-2-5-9-14)15-10-6-3-7-11-15/h2-13,17H,1H3. The summed E-state index contributed by atoms with van der Waals surface area (Å²) >= 11 is 1.73. The van der Waals surface area contributed by atoms with Crippen LogP contribution in [0.2, 0.25) is 0 Å². The van der Waals surface area contributed by atoms with E-state index in [0.717, 1.165) is 16.1 Å². The third kappa shape index (κ3) is 2.78. The van der Waals surface area contributed by atoms with Crippen molar-refractivity contribution in [3.05, 3.63) is 84.3 Å². The second-order valence-corrected chi connectivity index (χ2v) is 6.60. The van der Waals surface area contributed by atoms with Crippen molar-refractivity contribution < 1.29 is 0 Å². The van der Waals surface area contributed by atoms with Gasteiger partial charge in [0.15, 0.2) is 5.65 Å². The van der Waals surface area contributed by atoms with Crippen molar-refractivity contribution in [2.45, 2.75) is 10.3 Å². The lowest BCUT2D eigenvalue weighted by Gasteiger charge is -2.17. The minimum Gasteiger partial charge on any atom is -0.250 e. The van der Waals surface area contributed by atoms with Crippen molar-refractivity contribution in [3.63, 3.8) is 0 Å². The van der Waals surface area contributed by atoms with Crippen LogP contribution >= 0.6 is 11.8 Å². The smallest absolute Gasteiger partial charge is 0.162 e.